The van der Waals surface area contributed by atoms with E-state index in [1.54, 1.807) is 24.3 Å². The smallest absolute Gasteiger partial charge is 0.294 e. The fourth-order valence-corrected chi connectivity index (χ4v) is 5.78. The van der Waals surface area contributed by atoms with Crippen molar-refractivity contribution in [3.8, 4) is 0 Å². The van der Waals surface area contributed by atoms with Gasteiger partial charge in [0.25, 0.3) is 20.2 Å². The molecule has 3 rings (SSSR count). The van der Waals surface area contributed by atoms with Crippen molar-refractivity contribution < 1.29 is 31.4 Å². The standard InChI is InChI=1S/C18H15O6PS2.H2O/c19-26(20,21)17-10-6-15(7-11-17)25(14-4-2-1-3-5-14)16-8-12-18(13-9-16)27(22,23)24;/h1-13H,(H,19,20,21)(H,22,23,24);1H2. The van der Waals surface area contributed by atoms with E-state index < -0.39 is 28.2 Å². The van der Waals surface area contributed by atoms with Gasteiger partial charge in [-0.3, -0.25) is 9.11 Å². The molecule has 0 aliphatic rings. The van der Waals surface area contributed by atoms with E-state index in [2.05, 4.69) is 0 Å². The summed E-state index contributed by atoms with van der Waals surface area (Å²) in [7, 11) is -9.66. The average Bonchev–Trinajstić information content (AvgIpc) is 2.62. The Morgan fingerprint density at radius 1 is 0.536 bits per heavy atom. The molecule has 0 bridgehead atoms. The molecular weight excluding hydrogens is 423 g/mol. The summed E-state index contributed by atoms with van der Waals surface area (Å²) >= 11 is 0. The van der Waals surface area contributed by atoms with Crippen LogP contribution < -0.4 is 15.9 Å². The molecule has 3 aromatic rings. The van der Waals surface area contributed by atoms with E-state index in [0.717, 1.165) is 15.9 Å². The fraction of sp³-hybridized carbons (Fsp3) is 0. The zero-order valence-electron chi connectivity index (χ0n) is 14.3. The minimum absolute atomic E-state index is 0. The monoisotopic (exact) mass is 440 g/mol. The highest BCUT2D eigenvalue weighted by Crippen LogP contribution is 2.33. The van der Waals surface area contributed by atoms with Crippen molar-refractivity contribution in [3.63, 3.8) is 0 Å². The molecule has 0 aliphatic heterocycles. The van der Waals surface area contributed by atoms with Gasteiger partial charge in [0.1, 0.15) is 0 Å². The topological polar surface area (TPSA) is 140 Å². The molecule has 0 saturated heterocycles. The van der Waals surface area contributed by atoms with E-state index in [0.29, 0.717) is 0 Å². The van der Waals surface area contributed by atoms with Gasteiger partial charge in [0.2, 0.25) is 0 Å². The maximum absolute atomic E-state index is 11.3. The van der Waals surface area contributed by atoms with Crippen LogP contribution in [0.2, 0.25) is 0 Å². The number of benzene rings is 3. The Labute approximate surface area is 164 Å². The van der Waals surface area contributed by atoms with Crippen LogP contribution in [0.15, 0.2) is 88.7 Å². The minimum atomic E-state index is -4.28. The lowest BCUT2D eigenvalue weighted by atomic mass is 10.3. The number of hydrogen-bond donors (Lipinski definition) is 2. The van der Waals surface area contributed by atoms with Crippen molar-refractivity contribution in [1.29, 1.82) is 0 Å². The molecule has 7 nitrogen and oxygen atoms in total. The third-order valence-electron chi connectivity index (χ3n) is 3.80. The molecule has 28 heavy (non-hydrogen) atoms. The lowest BCUT2D eigenvalue weighted by Gasteiger charge is -2.19. The first-order chi connectivity index (χ1) is 12.7. The molecule has 0 atom stereocenters. The first-order valence-electron chi connectivity index (χ1n) is 7.66. The average molecular weight is 440 g/mol. The van der Waals surface area contributed by atoms with Crippen molar-refractivity contribution in [2.24, 2.45) is 0 Å². The van der Waals surface area contributed by atoms with Crippen LogP contribution in [-0.4, -0.2) is 31.4 Å². The Bertz CT molecular complexity index is 1070. The Balaban J connectivity index is 0.00000280. The van der Waals surface area contributed by atoms with Gasteiger partial charge in [0, 0.05) is 0 Å². The predicted octanol–water partition coefficient (Wildman–Crippen LogP) is 1.11. The van der Waals surface area contributed by atoms with Gasteiger partial charge in [0.15, 0.2) is 0 Å². The van der Waals surface area contributed by atoms with Crippen LogP contribution in [0.5, 0.6) is 0 Å². The molecule has 0 radical (unpaired) electrons. The Kier molecular flexibility index (Phi) is 6.71. The molecule has 4 N–H and O–H groups in total. The summed E-state index contributed by atoms with van der Waals surface area (Å²) in [5, 5.41) is 2.62. The molecule has 0 saturated carbocycles. The van der Waals surface area contributed by atoms with Crippen LogP contribution >= 0.6 is 7.92 Å². The molecule has 3 aromatic carbocycles. The van der Waals surface area contributed by atoms with E-state index in [9.17, 15) is 16.8 Å². The number of hydrogen-bond acceptors (Lipinski definition) is 4. The van der Waals surface area contributed by atoms with Gasteiger partial charge in [-0.15, -0.1) is 0 Å². The summed E-state index contributed by atoms with van der Waals surface area (Å²) in [6.07, 6.45) is 0. The SMILES string of the molecule is O.O=S(=O)(O)c1ccc(P(c2ccccc2)c2ccc(S(=O)(=O)O)cc2)cc1. The molecule has 0 aromatic heterocycles. The summed E-state index contributed by atoms with van der Waals surface area (Å²) in [5.74, 6) is 0. The van der Waals surface area contributed by atoms with Crippen LogP contribution in [-0.2, 0) is 20.2 Å². The van der Waals surface area contributed by atoms with Crippen molar-refractivity contribution in [1.82, 2.24) is 0 Å². The van der Waals surface area contributed by atoms with Crippen LogP contribution in [0.4, 0.5) is 0 Å². The van der Waals surface area contributed by atoms with Crippen LogP contribution in [0.1, 0.15) is 0 Å². The van der Waals surface area contributed by atoms with Gasteiger partial charge < -0.3 is 5.48 Å². The highest BCUT2D eigenvalue weighted by Gasteiger charge is 2.19. The van der Waals surface area contributed by atoms with Gasteiger partial charge in [-0.25, -0.2) is 0 Å². The maximum atomic E-state index is 11.3. The highest BCUT2D eigenvalue weighted by atomic mass is 32.2. The Morgan fingerprint density at radius 3 is 1.18 bits per heavy atom. The van der Waals surface area contributed by atoms with Gasteiger partial charge >= 0.3 is 0 Å². The molecule has 0 spiro atoms. The van der Waals surface area contributed by atoms with E-state index in [1.165, 1.54) is 24.3 Å². The summed E-state index contributed by atoms with van der Waals surface area (Å²) in [5.41, 5.74) is 0. The lowest BCUT2D eigenvalue weighted by molar-refractivity contribution is 0.481. The first-order valence-corrected chi connectivity index (χ1v) is 11.9. The Morgan fingerprint density at radius 2 is 0.857 bits per heavy atom. The Hall–Kier alpha value is -2.13. The van der Waals surface area contributed by atoms with E-state index in [-0.39, 0.29) is 15.3 Å². The fourth-order valence-electron chi connectivity index (χ4n) is 2.56. The molecule has 0 unspecified atom stereocenters. The van der Waals surface area contributed by atoms with Crippen molar-refractivity contribution >= 4 is 44.1 Å². The maximum Gasteiger partial charge on any atom is 0.294 e. The largest absolute Gasteiger partial charge is 0.412 e. The molecule has 10 heteroatoms. The van der Waals surface area contributed by atoms with E-state index in [1.807, 2.05) is 30.3 Å². The third-order valence-corrected chi connectivity index (χ3v) is 7.98. The minimum Gasteiger partial charge on any atom is -0.412 e. The lowest BCUT2D eigenvalue weighted by Crippen LogP contribution is -2.21. The van der Waals surface area contributed by atoms with Crippen LogP contribution in [0, 0.1) is 0 Å². The van der Waals surface area contributed by atoms with Crippen molar-refractivity contribution in [3.05, 3.63) is 78.9 Å². The summed E-state index contributed by atoms with van der Waals surface area (Å²) < 4.78 is 63.4. The van der Waals surface area contributed by atoms with Crippen LogP contribution in [0.3, 0.4) is 0 Å². The second kappa shape index (κ2) is 8.48. The van der Waals surface area contributed by atoms with Gasteiger partial charge in [0.05, 0.1) is 9.79 Å². The third kappa shape index (κ3) is 5.02. The van der Waals surface area contributed by atoms with Crippen molar-refractivity contribution in [2.75, 3.05) is 0 Å². The zero-order chi connectivity index (χ0) is 19.7. The second-order valence-electron chi connectivity index (χ2n) is 5.61. The zero-order valence-corrected chi connectivity index (χ0v) is 16.8. The summed E-state index contributed by atoms with van der Waals surface area (Å²) in [6.45, 7) is 0. The molecule has 148 valence electrons. The van der Waals surface area contributed by atoms with Crippen LogP contribution in [0.25, 0.3) is 0 Å². The first kappa shape index (κ1) is 22.2. The van der Waals surface area contributed by atoms with Gasteiger partial charge in [-0.2, -0.15) is 16.8 Å². The highest BCUT2D eigenvalue weighted by molar-refractivity contribution is 7.86. The molecular formula is C18H17O7PS2. The number of rotatable bonds is 5. The van der Waals surface area contributed by atoms with Gasteiger partial charge in [-0.05, 0) is 48.1 Å². The summed E-state index contributed by atoms with van der Waals surface area (Å²) in [4.78, 5) is -0.396. The van der Waals surface area contributed by atoms with Gasteiger partial charge in [-0.1, -0.05) is 54.6 Å². The van der Waals surface area contributed by atoms with E-state index >= 15 is 0 Å². The molecule has 0 aliphatic carbocycles. The summed E-state index contributed by atoms with van der Waals surface area (Å²) in [6, 6.07) is 21.3. The normalized spacial score (nSPS) is 11.8. The quantitative estimate of drug-likeness (QED) is 0.450. The molecule has 0 amide bonds. The van der Waals surface area contributed by atoms with Crippen molar-refractivity contribution in [2.45, 2.75) is 9.79 Å². The van der Waals surface area contributed by atoms with E-state index in [4.69, 9.17) is 9.11 Å². The molecule has 0 heterocycles. The molecule has 0 fully saturated rings. The second-order valence-corrected chi connectivity index (χ2v) is 10.7. The predicted molar refractivity (Wildman–Crippen MR) is 108 cm³/mol.